The lowest BCUT2D eigenvalue weighted by Crippen LogP contribution is -2.47. The number of hydrogen-bond donors (Lipinski definition) is 1. The summed E-state index contributed by atoms with van der Waals surface area (Å²) in [6.45, 7) is 4.43. The standard InChI is InChI=1S/C29H32F3N5O/c1-4-19-14-28(19,26-35-34-17-36(26)3)20-7-5-8-21(13-20)37-16-23-22(25(37)38)11-18(12-24(23)29(30,31)32)15-33-27(2)9-6-10-27/h5,7-8,11-13,17,19,33H,4,6,9-10,14-16H2,1-3H3/t19-,28?/m1/s1. The third-order valence-electron chi connectivity index (χ3n) is 8.96. The molecule has 0 spiro atoms. The zero-order valence-corrected chi connectivity index (χ0v) is 21.9. The molecule has 1 aliphatic heterocycles. The molecule has 0 saturated heterocycles. The van der Waals surface area contributed by atoms with Gasteiger partial charge in [0.2, 0.25) is 0 Å². The molecule has 6 rings (SSSR count). The average Bonchev–Trinajstić information content (AvgIpc) is 3.31. The maximum Gasteiger partial charge on any atom is 0.416 e. The van der Waals surface area contributed by atoms with Crippen molar-refractivity contribution in [2.45, 2.75) is 76.2 Å². The van der Waals surface area contributed by atoms with Crippen LogP contribution >= 0.6 is 0 Å². The van der Waals surface area contributed by atoms with Crippen LogP contribution in [0, 0.1) is 5.92 Å². The number of anilines is 1. The fraction of sp³-hybridized carbons (Fsp3) is 0.483. The first-order chi connectivity index (χ1) is 18.1. The molecule has 6 nitrogen and oxygen atoms in total. The molecule has 2 saturated carbocycles. The van der Waals surface area contributed by atoms with Crippen molar-refractivity contribution >= 4 is 11.6 Å². The lowest BCUT2D eigenvalue weighted by molar-refractivity contribution is -0.138. The van der Waals surface area contributed by atoms with Gasteiger partial charge in [-0.3, -0.25) is 4.79 Å². The molecule has 0 radical (unpaired) electrons. The maximum absolute atomic E-state index is 14.2. The van der Waals surface area contributed by atoms with Crippen LogP contribution in [0.3, 0.4) is 0 Å². The van der Waals surface area contributed by atoms with E-state index >= 15 is 0 Å². The summed E-state index contributed by atoms with van der Waals surface area (Å²) in [5.74, 6) is 0.862. The van der Waals surface area contributed by atoms with Crippen LogP contribution in [0.25, 0.3) is 0 Å². The largest absolute Gasteiger partial charge is 0.416 e. The lowest BCUT2D eigenvalue weighted by Gasteiger charge is -2.39. The van der Waals surface area contributed by atoms with Crippen LogP contribution in [0.2, 0.25) is 0 Å². The molecule has 38 heavy (non-hydrogen) atoms. The quantitative estimate of drug-likeness (QED) is 0.429. The number of hydrogen-bond acceptors (Lipinski definition) is 4. The minimum atomic E-state index is -4.55. The first-order valence-electron chi connectivity index (χ1n) is 13.3. The Bertz CT molecular complexity index is 1410. The first-order valence-corrected chi connectivity index (χ1v) is 13.3. The van der Waals surface area contributed by atoms with E-state index in [-0.39, 0.29) is 28.6 Å². The average molecular weight is 524 g/mol. The van der Waals surface area contributed by atoms with Crippen LogP contribution < -0.4 is 10.2 Å². The van der Waals surface area contributed by atoms with Crippen molar-refractivity contribution in [3.63, 3.8) is 0 Å². The Morgan fingerprint density at radius 2 is 1.97 bits per heavy atom. The Morgan fingerprint density at radius 3 is 2.58 bits per heavy atom. The number of nitrogens with zero attached hydrogens (tertiary/aromatic N) is 4. The summed E-state index contributed by atoms with van der Waals surface area (Å²) in [4.78, 5) is 15.1. The van der Waals surface area contributed by atoms with Gasteiger partial charge in [-0.2, -0.15) is 13.2 Å². The normalized spacial score (nSPS) is 23.9. The van der Waals surface area contributed by atoms with Gasteiger partial charge < -0.3 is 14.8 Å². The Morgan fingerprint density at radius 1 is 1.18 bits per heavy atom. The van der Waals surface area contributed by atoms with Gasteiger partial charge >= 0.3 is 6.18 Å². The van der Waals surface area contributed by atoms with Gasteiger partial charge in [0.15, 0.2) is 0 Å². The summed E-state index contributed by atoms with van der Waals surface area (Å²) in [5, 5.41) is 11.9. The van der Waals surface area contributed by atoms with Crippen molar-refractivity contribution in [2.24, 2.45) is 13.0 Å². The number of halogens is 3. The summed E-state index contributed by atoms with van der Waals surface area (Å²) >= 11 is 0. The minimum Gasteiger partial charge on any atom is -0.320 e. The van der Waals surface area contributed by atoms with Crippen molar-refractivity contribution < 1.29 is 18.0 Å². The molecule has 1 amide bonds. The number of fused-ring (bicyclic) bond motifs is 1. The number of nitrogens with one attached hydrogen (secondary N) is 1. The van der Waals surface area contributed by atoms with Gasteiger partial charge in [-0.1, -0.05) is 25.5 Å². The van der Waals surface area contributed by atoms with Gasteiger partial charge in [-0.05, 0) is 79.5 Å². The van der Waals surface area contributed by atoms with Crippen molar-refractivity contribution in [3.8, 4) is 0 Å². The Balaban J connectivity index is 1.34. The number of amides is 1. The van der Waals surface area contributed by atoms with Crippen molar-refractivity contribution in [1.29, 1.82) is 0 Å². The predicted octanol–water partition coefficient (Wildman–Crippen LogP) is 5.74. The van der Waals surface area contributed by atoms with E-state index in [1.165, 1.54) is 11.0 Å². The van der Waals surface area contributed by atoms with Crippen molar-refractivity contribution in [2.75, 3.05) is 4.90 Å². The van der Waals surface area contributed by atoms with Crippen LogP contribution in [0.15, 0.2) is 42.7 Å². The summed E-state index contributed by atoms with van der Waals surface area (Å²) in [6.07, 6.45) is 2.14. The molecule has 1 N–H and O–H groups in total. The minimum absolute atomic E-state index is 0.0485. The first kappa shape index (κ1) is 25.1. The Hall–Kier alpha value is -3.20. The molecule has 200 valence electrons. The van der Waals surface area contributed by atoms with Gasteiger partial charge in [0.25, 0.3) is 5.91 Å². The highest BCUT2D eigenvalue weighted by molar-refractivity contribution is 6.10. The van der Waals surface area contributed by atoms with Crippen LogP contribution in [0.5, 0.6) is 0 Å². The Kier molecular flexibility index (Phi) is 5.72. The Labute approximate surface area is 220 Å². The van der Waals surface area contributed by atoms with Crippen LogP contribution in [-0.4, -0.2) is 26.2 Å². The van der Waals surface area contributed by atoms with Crippen molar-refractivity contribution in [1.82, 2.24) is 20.1 Å². The zero-order chi connectivity index (χ0) is 26.9. The van der Waals surface area contributed by atoms with E-state index in [1.54, 1.807) is 18.5 Å². The highest BCUT2D eigenvalue weighted by Crippen LogP contribution is 2.60. The second-order valence-electron chi connectivity index (χ2n) is 11.4. The van der Waals surface area contributed by atoms with Gasteiger partial charge in [0.05, 0.1) is 17.5 Å². The molecule has 2 aliphatic carbocycles. The molecular formula is C29H32F3N5O. The predicted molar refractivity (Wildman–Crippen MR) is 138 cm³/mol. The SMILES string of the molecule is CC[C@@H]1CC1(c1cccc(N2Cc3c(cc(CNC4(C)CCC4)cc3C(F)(F)F)C2=O)c1)c1nncn1C. The van der Waals surface area contributed by atoms with Gasteiger partial charge in [0, 0.05) is 30.4 Å². The van der Waals surface area contributed by atoms with Crippen LogP contribution in [0.4, 0.5) is 18.9 Å². The van der Waals surface area contributed by atoms with E-state index in [2.05, 4.69) is 29.4 Å². The zero-order valence-electron chi connectivity index (χ0n) is 21.9. The third-order valence-corrected chi connectivity index (χ3v) is 8.96. The summed E-state index contributed by atoms with van der Waals surface area (Å²) in [7, 11) is 1.92. The van der Waals surface area contributed by atoms with E-state index < -0.39 is 17.6 Å². The topological polar surface area (TPSA) is 63.1 Å². The van der Waals surface area contributed by atoms with Gasteiger partial charge in [0.1, 0.15) is 12.2 Å². The molecule has 0 bridgehead atoms. The van der Waals surface area contributed by atoms with Gasteiger partial charge in [-0.15, -0.1) is 10.2 Å². The second-order valence-corrected chi connectivity index (χ2v) is 11.4. The van der Waals surface area contributed by atoms with E-state index in [0.29, 0.717) is 23.7 Å². The smallest absolute Gasteiger partial charge is 0.320 e. The molecule has 1 aromatic heterocycles. The number of carbonyl (C=O) groups excluding carboxylic acids is 1. The maximum atomic E-state index is 14.2. The second kappa shape index (κ2) is 8.66. The highest BCUT2D eigenvalue weighted by atomic mass is 19.4. The molecular weight excluding hydrogens is 491 g/mol. The number of rotatable bonds is 7. The van der Waals surface area contributed by atoms with Crippen LogP contribution in [-0.2, 0) is 31.7 Å². The molecule has 1 unspecified atom stereocenters. The van der Waals surface area contributed by atoms with E-state index in [9.17, 15) is 18.0 Å². The van der Waals surface area contributed by atoms with E-state index in [1.807, 2.05) is 29.8 Å². The summed E-state index contributed by atoms with van der Waals surface area (Å²) in [6, 6.07) is 10.5. The highest BCUT2D eigenvalue weighted by Gasteiger charge is 2.58. The molecule has 3 aromatic rings. The number of alkyl halides is 3. The summed E-state index contributed by atoms with van der Waals surface area (Å²) < 4.78 is 44.4. The fourth-order valence-electron chi connectivity index (χ4n) is 6.45. The van der Waals surface area contributed by atoms with E-state index in [4.69, 9.17) is 0 Å². The monoisotopic (exact) mass is 523 g/mol. The van der Waals surface area contributed by atoms with Crippen LogP contribution in [0.1, 0.15) is 84.4 Å². The fourth-order valence-corrected chi connectivity index (χ4v) is 6.45. The number of benzene rings is 2. The van der Waals surface area contributed by atoms with Gasteiger partial charge in [-0.25, -0.2) is 0 Å². The molecule has 2 aromatic carbocycles. The number of aromatic nitrogens is 3. The summed E-state index contributed by atoms with van der Waals surface area (Å²) in [5.41, 5.74) is 1.21. The molecule has 2 fully saturated rings. The number of aryl methyl sites for hydroxylation is 1. The molecule has 2 atom stereocenters. The molecule has 9 heteroatoms. The molecule has 2 heterocycles. The van der Waals surface area contributed by atoms with Crippen molar-refractivity contribution in [3.05, 3.63) is 76.4 Å². The number of carbonyl (C=O) groups is 1. The lowest BCUT2D eigenvalue weighted by atomic mass is 9.78. The van der Waals surface area contributed by atoms with E-state index in [0.717, 1.165) is 43.5 Å². The third kappa shape index (κ3) is 3.94. The molecule has 3 aliphatic rings.